The van der Waals surface area contributed by atoms with Crippen molar-refractivity contribution in [1.29, 1.82) is 0 Å². The van der Waals surface area contributed by atoms with E-state index < -0.39 is 16.0 Å². The van der Waals surface area contributed by atoms with Crippen LogP contribution in [0.2, 0.25) is 0 Å². The second kappa shape index (κ2) is 15.4. The third-order valence-electron chi connectivity index (χ3n) is 5.95. The molecule has 0 atom stereocenters. The van der Waals surface area contributed by atoms with E-state index in [4.69, 9.17) is 27.6 Å². The summed E-state index contributed by atoms with van der Waals surface area (Å²) >= 11 is 0. The van der Waals surface area contributed by atoms with Crippen LogP contribution in [0, 0.1) is 0 Å². The fourth-order valence-electron chi connectivity index (χ4n) is 4.22. The Balaban J connectivity index is 2.32. The average Bonchev–Trinajstić information content (AvgIpc) is 2.97. The molecule has 0 radical (unpaired) electrons. The molecular formula is C30H38O8P2. The van der Waals surface area contributed by atoms with Crippen LogP contribution in [-0.2, 0) is 28.8 Å². The molecule has 0 unspecified atom stereocenters. The Kier molecular flexibility index (Phi) is 12.3. The molecule has 0 bridgehead atoms. The highest BCUT2D eigenvalue weighted by Crippen LogP contribution is 2.54. The smallest absolute Gasteiger partial charge is 0.335 e. The monoisotopic (exact) mass is 588 g/mol. The van der Waals surface area contributed by atoms with Gasteiger partial charge < -0.3 is 27.6 Å². The molecule has 3 aromatic carbocycles. The molecule has 0 spiro atoms. The van der Waals surface area contributed by atoms with Crippen LogP contribution in [0.3, 0.4) is 0 Å². The summed E-state index contributed by atoms with van der Waals surface area (Å²) in [6.45, 7) is 8.38. The Morgan fingerprint density at radius 1 is 0.700 bits per heavy atom. The van der Waals surface area contributed by atoms with E-state index in [0.29, 0.717) is 35.8 Å². The molecule has 0 aliphatic rings. The maximum Gasteiger partial charge on any atom is 0.335 e. The molecule has 3 rings (SSSR count). The van der Waals surface area contributed by atoms with Crippen molar-refractivity contribution in [1.82, 2.24) is 0 Å². The van der Waals surface area contributed by atoms with Crippen LogP contribution in [0.15, 0.2) is 60.7 Å². The van der Waals surface area contributed by atoms with Gasteiger partial charge in [-0.15, -0.1) is 0 Å². The summed E-state index contributed by atoms with van der Waals surface area (Å²) in [6.07, 6.45) is 0.0271. The predicted molar refractivity (Wildman–Crippen MR) is 159 cm³/mol. The van der Waals surface area contributed by atoms with Gasteiger partial charge in [-0.25, -0.2) is 0 Å². The minimum atomic E-state index is -3.48. The van der Waals surface area contributed by atoms with Gasteiger partial charge in [-0.1, -0.05) is 24.3 Å². The highest BCUT2D eigenvalue weighted by Gasteiger charge is 2.30. The van der Waals surface area contributed by atoms with E-state index in [1.165, 1.54) is 0 Å². The molecule has 216 valence electrons. The van der Waals surface area contributed by atoms with E-state index in [1.54, 1.807) is 28.1 Å². The molecule has 10 heteroatoms. The van der Waals surface area contributed by atoms with Gasteiger partial charge in [0.25, 0.3) is 0 Å². The van der Waals surface area contributed by atoms with E-state index in [2.05, 4.69) is 0 Å². The number of carbonyl (C=O) groups excluding carboxylic acids is 1. The van der Waals surface area contributed by atoms with Gasteiger partial charge in [0.15, 0.2) is 0 Å². The Morgan fingerprint density at radius 2 is 1.18 bits per heavy atom. The maximum absolute atomic E-state index is 14.0. The number of ether oxygens (including phenoxy) is 2. The van der Waals surface area contributed by atoms with Crippen LogP contribution >= 0.6 is 16.0 Å². The van der Waals surface area contributed by atoms with Crippen molar-refractivity contribution in [3.05, 3.63) is 71.8 Å². The topological polar surface area (TPSA) is 89.5 Å². The lowest BCUT2D eigenvalue weighted by Crippen LogP contribution is -2.08. The molecule has 40 heavy (non-hydrogen) atoms. The molecule has 8 nitrogen and oxygen atoms in total. The summed E-state index contributed by atoms with van der Waals surface area (Å²) in [6, 6.07) is 18.6. The number of rotatable bonds is 16. The van der Waals surface area contributed by atoms with Crippen molar-refractivity contribution in [3.63, 3.8) is 0 Å². The first kappa shape index (κ1) is 32.0. The number of carbonyl (C=O) groups is 1. The standard InChI is InChI=1S/C30H38O8P2/c1-7-35-39(36-8-2)30(31)29-20-27(22-11-15-25(33-5)16-12-22)24(21-40(32,37-9-3)38-10-4)19-28(29)23-13-17-26(34-6)18-14-23/h11-20H,7-10,21H2,1-6H3. The fourth-order valence-corrected chi connectivity index (χ4v) is 7.10. The van der Waals surface area contributed by atoms with Crippen LogP contribution in [-0.4, -0.2) is 46.2 Å². The Labute approximate surface area is 238 Å². The van der Waals surface area contributed by atoms with Crippen LogP contribution in [0.5, 0.6) is 11.5 Å². The summed E-state index contributed by atoms with van der Waals surface area (Å²) in [4.78, 5) is 14.0. The van der Waals surface area contributed by atoms with Crippen LogP contribution < -0.4 is 9.47 Å². The van der Waals surface area contributed by atoms with Crippen LogP contribution in [0.1, 0.15) is 43.6 Å². The highest BCUT2D eigenvalue weighted by atomic mass is 31.2. The van der Waals surface area contributed by atoms with E-state index in [-0.39, 0.29) is 24.9 Å². The second-order valence-corrected chi connectivity index (χ2v) is 12.0. The minimum absolute atomic E-state index is 0.0271. The van der Waals surface area contributed by atoms with E-state index in [1.807, 2.05) is 74.5 Å². The first-order chi connectivity index (χ1) is 19.3. The second-order valence-electron chi connectivity index (χ2n) is 8.51. The molecule has 0 amide bonds. The molecule has 0 N–H and O–H groups in total. The summed E-state index contributed by atoms with van der Waals surface area (Å²) in [5.41, 5.74) is 3.91. The van der Waals surface area contributed by atoms with E-state index in [9.17, 15) is 9.36 Å². The predicted octanol–water partition coefficient (Wildman–Crippen LogP) is 8.33. The molecule has 3 aromatic rings. The molecule has 0 fully saturated rings. The molecule has 0 aliphatic heterocycles. The van der Waals surface area contributed by atoms with Crippen molar-refractivity contribution < 1.29 is 36.9 Å². The third kappa shape index (κ3) is 8.01. The number of methoxy groups -OCH3 is 2. The van der Waals surface area contributed by atoms with Crippen molar-refractivity contribution in [2.75, 3.05) is 40.6 Å². The minimum Gasteiger partial charge on any atom is -0.497 e. The first-order valence-corrected chi connectivity index (χ1v) is 16.2. The van der Waals surface area contributed by atoms with Crippen molar-refractivity contribution >= 4 is 21.5 Å². The van der Waals surface area contributed by atoms with Crippen LogP contribution in [0.25, 0.3) is 22.3 Å². The molecule has 0 saturated heterocycles. The molecule has 0 aliphatic carbocycles. The molecule has 0 saturated carbocycles. The van der Waals surface area contributed by atoms with Gasteiger partial charge in [0.2, 0.25) is 13.9 Å². The van der Waals surface area contributed by atoms with Gasteiger partial charge in [0.1, 0.15) is 11.5 Å². The van der Waals surface area contributed by atoms with Gasteiger partial charge in [0, 0.05) is 5.56 Å². The zero-order valence-electron chi connectivity index (χ0n) is 24.0. The van der Waals surface area contributed by atoms with Crippen LogP contribution in [0.4, 0.5) is 0 Å². The average molecular weight is 589 g/mol. The normalized spacial score (nSPS) is 11.6. The van der Waals surface area contributed by atoms with E-state index >= 15 is 0 Å². The highest BCUT2D eigenvalue weighted by molar-refractivity contribution is 7.67. The van der Waals surface area contributed by atoms with Crippen molar-refractivity contribution in [2.24, 2.45) is 0 Å². The van der Waals surface area contributed by atoms with Gasteiger partial charge in [-0.3, -0.25) is 9.36 Å². The molecule has 0 aromatic heterocycles. The Bertz CT molecular complexity index is 1280. The Hall–Kier alpha value is -2.57. The molecule has 0 heterocycles. The van der Waals surface area contributed by atoms with Crippen molar-refractivity contribution in [3.8, 4) is 33.8 Å². The summed E-state index contributed by atoms with van der Waals surface area (Å²) in [5.74, 6) is 1.39. The van der Waals surface area contributed by atoms with Gasteiger partial charge >= 0.3 is 7.60 Å². The number of hydrogen-bond donors (Lipinski definition) is 0. The SMILES string of the molecule is CCOP(OCC)C(=O)c1cc(-c2ccc(OC)cc2)c(CP(=O)(OCC)OCC)cc1-c1ccc(OC)cc1. The first-order valence-electron chi connectivity index (χ1n) is 13.3. The zero-order chi connectivity index (χ0) is 29.1. The van der Waals surface area contributed by atoms with Crippen molar-refractivity contribution in [2.45, 2.75) is 33.9 Å². The van der Waals surface area contributed by atoms with Gasteiger partial charge in [-0.05, 0) is 91.9 Å². The fraction of sp³-hybridized carbons (Fsp3) is 0.367. The van der Waals surface area contributed by atoms with E-state index in [0.717, 1.165) is 22.3 Å². The Morgan fingerprint density at radius 3 is 1.60 bits per heavy atom. The quantitative estimate of drug-likeness (QED) is 0.154. The summed E-state index contributed by atoms with van der Waals surface area (Å²) < 4.78 is 47.2. The third-order valence-corrected chi connectivity index (χ3v) is 9.54. The zero-order valence-corrected chi connectivity index (χ0v) is 25.8. The lowest BCUT2D eigenvalue weighted by Gasteiger charge is -2.22. The lowest BCUT2D eigenvalue weighted by atomic mass is 9.91. The van der Waals surface area contributed by atoms with Gasteiger partial charge in [-0.2, -0.15) is 0 Å². The number of hydrogen-bond acceptors (Lipinski definition) is 8. The van der Waals surface area contributed by atoms with Gasteiger partial charge in [0.05, 0.1) is 46.8 Å². The maximum atomic E-state index is 14.0. The number of benzene rings is 3. The summed E-state index contributed by atoms with van der Waals surface area (Å²) in [7, 11) is -2.12. The largest absolute Gasteiger partial charge is 0.497 e. The molecular weight excluding hydrogens is 550 g/mol. The summed E-state index contributed by atoms with van der Waals surface area (Å²) in [5, 5.41) is 0. The lowest BCUT2D eigenvalue weighted by molar-refractivity contribution is 0.104.